The molecule has 22 heavy (non-hydrogen) atoms. The Balaban J connectivity index is 1.69. The maximum atomic E-state index is 12.2. The summed E-state index contributed by atoms with van der Waals surface area (Å²) in [5.74, 6) is 0.184. The maximum Gasteiger partial charge on any atom is 0.277 e. The van der Waals surface area contributed by atoms with Crippen LogP contribution in [0.1, 0.15) is 10.5 Å². The van der Waals surface area contributed by atoms with Gasteiger partial charge in [-0.2, -0.15) is 0 Å². The van der Waals surface area contributed by atoms with Crippen molar-refractivity contribution < 1.29 is 14.1 Å². The summed E-state index contributed by atoms with van der Waals surface area (Å²) >= 11 is 11.7. The molecule has 0 unspecified atom stereocenters. The van der Waals surface area contributed by atoms with Crippen LogP contribution in [0.25, 0.3) is 0 Å². The lowest BCUT2D eigenvalue weighted by Gasteiger charge is -2.25. The number of carbonyl (C=O) groups excluding carboxylic acids is 1. The molecule has 1 aromatic carbocycles. The summed E-state index contributed by atoms with van der Waals surface area (Å²) in [4.78, 5) is 14.1. The minimum Gasteiger partial charge on any atom is -0.378 e. The van der Waals surface area contributed by atoms with E-state index in [0.29, 0.717) is 47.9 Å². The quantitative estimate of drug-likeness (QED) is 0.929. The molecule has 0 atom stereocenters. The van der Waals surface area contributed by atoms with Crippen molar-refractivity contribution in [3.8, 4) is 0 Å². The predicted octanol–water partition coefficient (Wildman–Crippen LogP) is 3.07. The monoisotopic (exact) mass is 341 g/mol. The number of nitrogens with zero attached hydrogens (tertiary/aromatic N) is 2. The van der Waals surface area contributed by atoms with E-state index >= 15 is 0 Å². The van der Waals surface area contributed by atoms with E-state index in [1.54, 1.807) is 24.3 Å². The van der Waals surface area contributed by atoms with E-state index in [-0.39, 0.29) is 11.6 Å². The summed E-state index contributed by atoms with van der Waals surface area (Å²) in [5, 5.41) is 7.29. The van der Waals surface area contributed by atoms with Crippen molar-refractivity contribution in [3.05, 3.63) is 40.0 Å². The lowest BCUT2D eigenvalue weighted by Crippen LogP contribution is -2.35. The fraction of sp³-hybridized carbons (Fsp3) is 0.286. The number of morpholine rings is 1. The average Bonchev–Trinajstić information content (AvgIpc) is 3.02. The van der Waals surface area contributed by atoms with Gasteiger partial charge in [0, 0.05) is 24.8 Å². The number of amides is 1. The SMILES string of the molecule is O=C(Nc1ccc(Cl)c(Cl)c1)c1cc(N2CCOCC2)on1. The number of carbonyl (C=O) groups is 1. The first kappa shape index (κ1) is 15.1. The number of benzene rings is 1. The van der Waals surface area contributed by atoms with Gasteiger partial charge >= 0.3 is 0 Å². The zero-order valence-electron chi connectivity index (χ0n) is 11.5. The van der Waals surface area contributed by atoms with Gasteiger partial charge in [-0.1, -0.05) is 28.4 Å². The molecule has 0 radical (unpaired) electrons. The second kappa shape index (κ2) is 6.56. The number of aromatic nitrogens is 1. The Kier molecular flexibility index (Phi) is 4.52. The number of hydrogen-bond acceptors (Lipinski definition) is 5. The van der Waals surface area contributed by atoms with Gasteiger partial charge in [-0.05, 0) is 18.2 Å². The second-order valence-corrected chi connectivity index (χ2v) is 5.55. The van der Waals surface area contributed by atoms with Crippen molar-refractivity contribution in [2.24, 2.45) is 0 Å². The molecule has 0 spiro atoms. The molecule has 0 saturated carbocycles. The summed E-state index contributed by atoms with van der Waals surface area (Å²) in [5.41, 5.74) is 0.739. The normalized spacial score (nSPS) is 14.9. The minimum absolute atomic E-state index is 0.201. The standard InChI is InChI=1S/C14H13Cl2N3O3/c15-10-2-1-9(7-11(10)16)17-14(20)12-8-13(22-18-12)19-3-5-21-6-4-19/h1-2,7-8H,3-6H2,(H,17,20). The molecule has 116 valence electrons. The molecule has 3 rings (SSSR count). The summed E-state index contributed by atoms with van der Waals surface area (Å²) < 4.78 is 10.5. The van der Waals surface area contributed by atoms with E-state index in [1.165, 1.54) is 0 Å². The van der Waals surface area contributed by atoms with E-state index < -0.39 is 0 Å². The maximum absolute atomic E-state index is 12.2. The van der Waals surface area contributed by atoms with Gasteiger partial charge in [-0.3, -0.25) is 4.79 Å². The van der Waals surface area contributed by atoms with Gasteiger partial charge in [0.05, 0.1) is 23.3 Å². The van der Waals surface area contributed by atoms with E-state index in [9.17, 15) is 4.79 Å². The van der Waals surface area contributed by atoms with Crippen LogP contribution < -0.4 is 10.2 Å². The Bertz CT molecular complexity index is 684. The van der Waals surface area contributed by atoms with Crippen LogP contribution in [0.2, 0.25) is 10.0 Å². The first-order chi connectivity index (χ1) is 10.6. The van der Waals surface area contributed by atoms with Gasteiger partial charge < -0.3 is 19.5 Å². The van der Waals surface area contributed by atoms with Crippen molar-refractivity contribution >= 4 is 40.7 Å². The Labute approximate surface area is 136 Å². The molecule has 6 nitrogen and oxygen atoms in total. The third kappa shape index (κ3) is 3.35. The Morgan fingerprint density at radius 2 is 1.95 bits per heavy atom. The van der Waals surface area contributed by atoms with Crippen LogP contribution in [-0.4, -0.2) is 37.4 Å². The van der Waals surface area contributed by atoms with E-state index in [4.69, 9.17) is 32.5 Å². The summed E-state index contributed by atoms with van der Waals surface area (Å²) in [7, 11) is 0. The highest BCUT2D eigenvalue weighted by atomic mass is 35.5. The van der Waals surface area contributed by atoms with Gasteiger partial charge in [-0.15, -0.1) is 0 Å². The molecule has 1 fully saturated rings. The highest BCUT2D eigenvalue weighted by Crippen LogP contribution is 2.25. The molecule has 1 aromatic heterocycles. The third-order valence-corrected chi connectivity index (χ3v) is 3.97. The molecule has 1 aliphatic rings. The fourth-order valence-electron chi connectivity index (χ4n) is 2.07. The van der Waals surface area contributed by atoms with E-state index in [0.717, 1.165) is 0 Å². The number of anilines is 2. The molecule has 2 aromatic rings. The van der Waals surface area contributed by atoms with Crippen LogP contribution >= 0.6 is 23.2 Å². The van der Waals surface area contributed by atoms with Crippen molar-refractivity contribution in [1.29, 1.82) is 0 Å². The number of ether oxygens (including phenoxy) is 1. The zero-order chi connectivity index (χ0) is 15.5. The number of nitrogens with one attached hydrogen (secondary N) is 1. The molecule has 0 bridgehead atoms. The molecule has 8 heteroatoms. The summed E-state index contributed by atoms with van der Waals surface area (Å²) in [6, 6.07) is 6.46. The molecule has 2 heterocycles. The van der Waals surface area contributed by atoms with Crippen molar-refractivity contribution in [3.63, 3.8) is 0 Å². The van der Waals surface area contributed by atoms with Gasteiger partial charge in [0.2, 0.25) is 5.88 Å². The topological polar surface area (TPSA) is 67.6 Å². The highest BCUT2D eigenvalue weighted by Gasteiger charge is 2.19. The highest BCUT2D eigenvalue weighted by molar-refractivity contribution is 6.42. The van der Waals surface area contributed by atoms with Crippen molar-refractivity contribution in [2.75, 3.05) is 36.5 Å². The van der Waals surface area contributed by atoms with E-state index in [2.05, 4.69) is 10.5 Å². The molecule has 1 saturated heterocycles. The second-order valence-electron chi connectivity index (χ2n) is 4.73. The molecule has 1 amide bonds. The minimum atomic E-state index is -0.373. The van der Waals surface area contributed by atoms with Gasteiger partial charge in [0.15, 0.2) is 5.69 Å². The lowest BCUT2D eigenvalue weighted by molar-refractivity contribution is 0.101. The van der Waals surface area contributed by atoms with Crippen LogP contribution in [0.4, 0.5) is 11.6 Å². The first-order valence-corrected chi connectivity index (χ1v) is 7.45. The van der Waals surface area contributed by atoms with E-state index in [1.807, 2.05) is 4.90 Å². The van der Waals surface area contributed by atoms with Gasteiger partial charge in [0.25, 0.3) is 5.91 Å². The van der Waals surface area contributed by atoms with Gasteiger partial charge in [0.1, 0.15) is 0 Å². The fourth-order valence-corrected chi connectivity index (χ4v) is 2.37. The number of rotatable bonds is 3. The van der Waals surface area contributed by atoms with Crippen molar-refractivity contribution in [1.82, 2.24) is 5.16 Å². The zero-order valence-corrected chi connectivity index (χ0v) is 13.0. The Morgan fingerprint density at radius 1 is 1.18 bits per heavy atom. The summed E-state index contributed by atoms with van der Waals surface area (Å²) in [6.07, 6.45) is 0. The van der Waals surface area contributed by atoms with Crippen LogP contribution in [-0.2, 0) is 4.74 Å². The van der Waals surface area contributed by atoms with Gasteiger partial charge in [-0.25, -0.2) is 0 Å². The number of hydrogen-bond donors (Lipinski definition) is 1. The average molecular weight is 342 g/mol. The van der Waals surface area contributed by atoms with Crippen molar-refractivity contribution in [2.45, 2.75) is 0 Å². The van der Waals surface area contributed by atoms with Crippen LogP contribution in [0, 0.1) is 0 Å². The molecule has 0 aliphatic carbocycles. The first-order valence-electron chi connectivity index (χ1n) is 6.69. The Morgan fingerprint density at radius 3 is 2.68 bits per heavy atom. The third-order valence-electron chi connectivity index (χ3n) is 3.23. The van der Waals surface area contributed by atoms with Crippen LogP contribution in [0.5, 0.6) is 0 Å². The molecule has 1 N–H and O–H groups in total. The smallest absolute Gasteiger partial charge is 0.277 e. The molecular weight excluding hydrogens is 329 g/mol. The Hall–Kier alpha value is -1.76. The molecular formula is C14H13Cl2N3O3. The number of halogens is 2. The van der Waals surface area contributed by atoms with Crippen LogP contribution in [0.3, 0.4) is 0 Å². The largest absolute Gasteiger partial charge is 0.378 e. The lowest BCUT2D eigenvalue weighted by atomic mass is 10.3. The molecule has 1 aliphatic heterocycles. The summed E-state index contributed by atoms with van der Waals surface area (Å²) in [6.45, 7) is 2.68. The van der Waals surface area contributed by atoms with Crippen LogP contribution in [0.15, 0.2) is 28.8 Å². The predicted molar refractivity (Wildman–Crippen MR) is 84.0 cm³/mol.